The van der Waals surface area contributed by atoms with Gasteiger partial charge < -0.3 is 14.7 Å². The highest BCUT2D eigenvalue weighted by Crippen LogP contribution is 2.33. The molecule has 4 nitrogen and oxygen atoms in total. The monoisotopic (exact) mass is 303 g/mol. The summed E-state index contributed by atoms with van der Waals surface area (Å²) in [6.07, 6.45) is -6.90. The number of piperidine rings is 1. The smallest absolute Gasteiger partial charge is 0.410 e. The number of hydrogen-bond donors (Lipinski definition) is 1. The first-order valence-electron chi connectivity index (χ1n) is 6.58. The van der Waals surface area contributed by atoms with Crippen LogP contribution >= 0.6 is 0 Å². The first kappa shape index (κ1) is 15.6. The molecule has 2 rings (SSSR count). The lowest BCUT2D eigenvalue weighted by molar-refractivity contribution is -0.211. The highest BCUT2D eigenvalue weighted by atomic mass is 19.4. The molecule has 1 N–H and O–H groups in total. The quantitative estimate of drug-likeness (QED) is 0.913. The van der Waals surface area contributed by atoms with E-state index in [1.54, 1.807) is 24.3 Å². The Morgan fingerprint density at radius 2 is 2.00 bits per heavy atom. The minimum atomic E-state index is -4.53. The van der Waals surface area contributed by atoms with E-state index in [-0.39, 0.29) is 19.6 Å². The van der Waals surface area contributed by atoms with Gasteiger partial charge in [0.2, 0.25) is 0 Å². The fraction of sp³-hybridized carbons (Fsp3) is 0.500. The number of aliphatic hydroxyl groups is 1. The Kier molecular flexibility index (Phi) is 4.72. The van der Waals surface area contributed by atoms with Crippen LogP contribution in [0.2, 0.25) is 0 Å². The van der Waals surface area contributed by atoms with Crippen LogP contribution in [-0.2, 0) is 11.3 Å². The summed E-state index contributed by atoms with van der Waals surface area (Å²) in [5.74, 6) is -1.92. The number of aliphatic hydroxyl groups excluding tert-OH is 1. The maximum atomic E-state index is 12.7. The van der Waals surface area contributed by atoms with Crippen LogP contribution in [-0.4, -0.2) is 41.5 Å². The number of hydrogen-bond acceptors (Lipinski definition) is 3. The summed E-state index contributed by atoms with van der Waals surface area (Å²) in [7, 11) is 0. The lowest BCUT2D eigenvalue weighted by Gasteiger charge is -2.36. The van der Waals surface area contributed by atoms with Gasteiger partial charge in [-0.15, -0.1) is 0 Å². The maximum absolute atomic E-state index is 12.7. The molecule has 116 valence electrons. The zero-order valence-electron chi connectivity index (χ0n) is 11.2. The minimum absolute atomic E-state index is 0.00934. The van der Waals surface area contributed by atoms with Gasteiger partial charge in [-0.1, -0.05) is 30.3 Å². The number of halogens is 3. The number of alkyl halides is 3. The van der Waals surface area contributed by atoms with Gasteiger partial charge in [0.25, 0.3) is 0 Å². The largest absolute Gasteiger partial charge is 0.445 e. The number of nitrogens with zero attached hydrogens (tertiary/aromatic N) is 1. The fourth-order valence-electron chi connectivity index (χ4n) is 2.24. The second kappa shape index (κ2) is 6.34. The summed E-state index contributed by atoms with van der Waals surface area (Å²) < 4.78 is 43.2. The van der Waals surface area contributed by atoms with E-state index < -0.39 is 30.8 Å². The number of ether oxygens (including phenoxy) is 1. The third-order valence-corrected chi connectivity index (χ3v) is 3.46. The molecule has 1 aromatic carbocycles. The highest BCUT2D eigenvalue weighted by molar-refractivity contribution is 5.67. The summed E-state index contributed by atoms with van der Waals surface area (Å²) in [6, 6.07) is 8.88. The average molecular weight is 303 g/mol. The SMILES string of the molecule is O=C(OCc1ccccc1)N1CCC(O)C(C(F)(F)F)C1. The molecule has 7 heteroatoms. The van der Waals surface area contributed by atoms with Crippen molar-refractivity contribution in [3.8, 4) is 0 Å². The van der Waals surface area contributed by atoms with E-state index in [1.807, 2.05) is 6.07 Å². The minimum Gasteiger partial charge on any atom is -0.445 e. The van der Waals surface area contributed by atoms with E-state index in [4.69, 9.17) is 4.74 Å². The average Bonchev–Trinajstić information content (AvgIpc) is 2.45. The predicted octanol–water partition coefficient (Wildman–Crippen LogP) is 2.57. The second-order valence-electron chi connectivity index (χ2n) is 4.99. The van der Waals surface area contributed by atoms with E-state index in [0.717, 1.165) is 10.5 Å². The van der Waals surface area contributed by atoms with E-state index >= 15 is 0 Å². The summed E-state index contributed by atoms with van der Waals surface area (Å²) in [5, 5.41) is 9.41. The van der Waals surface area contributed by atoms with Crippen molar-refractivity contribution in [3.63, 3.8) is 0 Å². The van der Waals surface area contributed by atoms with Crippen molar-refractivity contribution < 1.29 is 27.8 Å². The standard InChI is InChI=1S/C14H16F3NO3/c15-14(16,17)11-8-18(7-6-12(11)19)13(20)21-9-10-4-2-1-3-5-10/h1-5,11-12,19H,6-9H2. The molecule has 0 saturated carbocycles. The molecule has 2 atom stereocenters. The molecule has 1 aliphatic rings. The van der Waals surface area contributed by atoms with E-state index in [2.05, 4.69) is 0 Å². The van der Waals surface area contributed by atoms with Crippen LogP contribution in [0.25, 0.3) is 0 Å². The molecule has 1 fully saturated rings. The first-order chi connectivity index (χ1) is 9.88. The van der Waals surface area contributed by atoms with Crippen LogP contribution in [0.4, 0.5) is 18.0 Å². The van der Waals surface area contributed by atoms with Gasteiger partial charge >= 0.3 is 12.3 Å². The Hall–Kier alpha value is -1.76. The van der Waals surface area contributed by atoms with Crippen LogP contribution in [0.3, 0.4) is 0 Å². The normalized spacial score (nSPS) is 23.0. The maximum Gasteiger partial charge on any atom is 0.410 e. The van der Waals surface area contributed by atoms with Crippen LogP contribution in [0.5, 0.6) is 0 Å². The molecule has 1 amide bonds. The third kappa shape index (κ3) is 4.10. The summed E-state index contributed by atoms with van der Waals surface area (Å²) in [5.41, 5.74) is 0.760. The molecule has 0 radical (unpaired) electrons. The van der Waals surface area contributed by atoms with Crippen molar-refractivity contribution in [1.82, 2.24) is 4.90 Å². The Labute approximate surface area is 120 Å². The lowest BCUT2D eigenvalue weighted by atomic mass is 9.94. The molecule has 1 aliphatic heterocycles. The first-order valence-corrected chi connectivity index (χ1v) is 6.58. The predicted molar refractivity (Wildman–Crippen MR) is 68.4 cm³/mol. The van der Waals surface area contributed by atoms with Crippen LogP contribution in [0.1, 0.15) is 12.0 Å². The third-order valence-electron chi connectivity index (χ3n) is 3.46. The van der Waals surface area contributed by atoms with Crippen molar-refractivity contribution in [2.75, 3.05) is 13.1 Å². The molecule has 1 heterocycles. The van der Waals surface area contributed by atoms with E-state index in [1.165, 1.54) is 0 Å². The second-order valence-corrected chi connectivity index (χ2v) is 4.99. The zero-order chi connectivity index (χ0) is 15.5. The molecule has 0 spiro atoms. The Balaban J connectivity index is 1.91. The van der Waals surface area contributed by atoms with Gasteiger partial charge in [0.1, 0.15) is 6.61 Å². The molecule has 21 heavy (non-hydrogen) atoms. The lowest BCUT2D eigenvalue weighted by Crippen LogP contribution is -2.51. The van der Waals surface area contributed by atoms with Crippen molar-refractivity contribution in [2.45, 2.75) is 25.3 Å². The van der Waals surface area contributed by atoms with Gasteiger partial charge in [0, 0.05) is 13.1 Å². The zero-order valence-corrected chi connectivity index (χ0v) is 11.2. The van der Waals surface area contributed by atoms with Gasteiger partial charge in [-0.3, -0.25) is 0 Å². The van der Waals surface area contributed by atoms with E-state index in [0.29, 0.717) is 0 Å². The molecule has 1 aromatic rings. The number of rotatable bonds is 2. The molecule has 0 aromatic heterocycles. The van der Waals surface area contributed by atoms with Gasteiger partial charge in [-0.05, 0) is 12.0 Å². The van der Waals surface area contributed by atoms with Gasteiger partial charge in [0.15, 0.2) is 0 Å². The number of benzene rings is 1. The van der Waals surface area contributed by atoms with Crippen LogP contribution < -0.4 is 0 Å². The molecule has 0 bridgehead atoms. The highest BCUT2D eigenvalue weighted by Gasteiger charge is 2.48. The van der Waals surface area contributed by atoms with Crippen molar-refractivity contribution in [1.29, 1.82) is 0 Å². The van der Waals surface area contributed by atoms with Gasteiger partial charge in [-0.2, -0.15) is 13.2 Å². The summed E-state index contributed by atoms with van der Waals surface area (Å²) in [6.45, 7) is -0.505. The molecular weight excluding hydrogens is 287 g/mol. The van der Waals surface area contributed by atoms with Crippen molar-refractivity contribution >= 4 is 6.09 Å². The van der Waals surface area contributed by atoms with Crippen molar-refractivity contribution in [2.24, 2.45) is 5.92 Å². The van der Waals surface area contributed by atoms with Gasteiger partial charge in [-0.25, -0.2) is 4.79 Å². The van der Waals surface area contributed by atoms with Gasteiger partial charge in [0.05, 0.1) is 12.0 Å². The number of amides is 1. The molecular formula is C14H16F3NO3. The fourth-order valence-corrected chi connectivity index (χ4v) is 2.24. The molecule has 2 unspecified atom stereocenters. The molecule has 1 saturated heterocycles. The Bertz CT molecular complexity index is 478. The Morgan fingerprint density at radius 3 is 2.62 bits per heavy atom. The van der Waals surface area contributed by atoms with Crippen LogP contribution in [0, 0.1) is 5.92 Å². The summed E-state index contributed by atoms with van der Waals surface area (Å²) >= 11 is 0. The number of carbonyl (C=O) groups excluding carboxylic acids is 1. The van der Waals surface area contributed by atoms with Crippen molar-refractivity contribution in [3.05, 3.63) is 35.9 Å². The van der Waals surface area contributed by atoms with Crippen LogP contribution in [0.15, 0.2) is 30.3 Å². The Morgan fingerprint density at radius 1 is 1.33 bits per heavy atom. The number of carbonyl (C=O) groups is 1. The van der Waals surface area contributed by atoms with E-state index in [9.17, 15) is 23.1 Å². The topological polar surface area (TPSA) is 49.8 Å². The number of likely N-dealkylation sites (tertiary alicyclic amines) is 1. The summed E-state index contributed by atoms with van der Waals surface area (Å²) in [4.78, 5) is 12.8. The molecule has 0 aliphatic carbocycles.